The van der Waals surface area contributed by atoms with Gasteiger partial charge in [0.15, 0.2) is 0 Å². The summed E-state index contributed by atoms with van der Waals surface area (Å²) in [6.45, 7) is 1.43. The first kappa shape index (κ1) is 17.2. The molecule has 0 aliphatic carbocycles. The molecule has 2 aliphatic heterocycles. The van der Waals surface area contributed by atoms with E-state index >= 15 is 0 Å². The van der Waals surface area contributed by atoms with E-state index in [0.717, 1.165) is 5.69 Å². The minimum atomic E-state index is -0.892. The zero-order chi connectivity index (χ0) is 18.1. The van der Waals surface area contributed by atoms with Gasteiger partial charge in [-0.1, -0.05) is 6.07 Å². The van der Waals surface area contributed by atoms with Gasteiger partial charge in [0.2, 0.25) is 0 Å². The number of aliphatic hydroxyl groups is 2. The Labute approximate surface area is 151 Å². The maximum Gasteiger partial charge on any atom is 0.253 e. The Kier molecular flexibility index (Phi) is 4.52. The molecule has 3 heterocycles. The van der Waals surface area contributed by atoms with E-state index in [9.17, 15) is 15.0 Å². The van der Waals surface area contributed by atoms with Crippen molar-refractivity contribution in [2.75, 3.05) is 19.7 Å². The van der Waals surface area contributed by atoms with Crippen LogP contribution in [0.2, 0.25) is 0 Å². The average molecular weight is 357 g/mol. The first-order valence-electron chi connectivity index (χ1n) is 8.98. The van der Waals surface area contributed by atoms with Crippen LogP contribution in [0.5, 0.6) is 0 Å². The molecule has 2 aromatic rings. The van der Waals surface area contributed by atoms with Crippen LogP contribution in [-0.2, 0) is 4.74 Å². The minimum absolute atomic E-state index is 0.0419. The van der Waals surface area contributed by atoms with Crippen molar-refractivity contribution >= 4 is 5.91 Å². The zero-order valence-electron chi connectivity index (χ0n) is 14.5. The standard InChI is InChI=1S/C19H23N3O4/c23-16-5-12-26-19(17(16)24)6-10-21(11-7-19)18(25)14-3-1-4-15(13-14)22-9-2-8-20-22/h1-4,8-9,13,16-17,23-24H,5-7,10-12H2/t16-,17-/m0/s1. The molecule has 4 rings (SSSR count). The van der Waals surface area contributed by atoms with E-state index in [2.05, 4.69) is 5.10 Å². The minimum Gasteiger partial charge on any atom is -0.390 e. The number of hydrogen-bond acceptors (Lipinski definition) is 5. The summed E-state index contributed by atoms with van der Waals surface area (Å²) >= 11 is 0. The van der Waals surface area contributed by atoms with Crippen molar-refractivity contribution in [2.24, 2.45) is 0 Å². The third-order valence-electron chi connectivity index (χ3n) is 5.47. The number of carbonyl (C=O) groups is 1. The first-order chi connectivity index (χ1) is 12.6. The molecule has 1 aromatic heterocycles. The third-order valence-corrected chi connectivity index (χ3v) is 5.47. The van der Waals surface area contributed by atoms with Gasteiger partial charge in [-0.05, 0) is 43.5 Å². The van der Waals surface area contributed by atoms with E-state index in [4.69, 9.17) is 4.74 Å². The number of carbonyl (C=O) groups excluding carboxylic acids is 1. The molecule has 138 valence electrons. The van der Waals surface area contributed by atoms with Crippen LogP contribution >= 0.6 is 0 Å². The molecule has 1 spiro atoms. The number of aromatic nitrogens is 2. The number of rotatable bonds is 2. The molecule has 2 aliphatic rings. The fourth-order valence-corrected chi connectivity index (χ4v) is 3.89. The Bertz CT molecular complexity index is 769. The molecule has 1 aromatic carbocycles. The maximum atomic E-state index is 12.9. The molecule has 0 unspecified atom stereocenters. The molecular formula is C19H23N3O4. The fourth-order valence-electron chi connectivity index (χ4n) is 3.89. The van der Waals surface area contributed by atoms with Crippen LogP contribution in [0, 0.1) is 0 Å². The van der Waals surface area contributed by atoms with Gasteiger partial charge in [-0.2, -0.15) is 5.10 Å². The SMILES string of the molecule is O=C(c1cccc(-n2cccn2)c1)N1CCC2(CC1)OCC[C@H](O)[C@@H]2O. The van der Waals surface area contributed by atoms with Gasteiger partial charge in [-0.3, -0.25) is 4.79 Å². The summed E-state index contributed by atoms with van der Waals surface area (Å²) in [6, 6.07) is 9.22. The molecule has 2 fully saturated rings. The summed E-state index contributed by atoms with van der Waals surface area (Å²) in [6.07, 6.45) is 3.38. The quantitative estimate of drug-likeness (QED) is 0.837. The zero-order valence-corrected chi connectivity index (χ0v) is 14.5. The number of aliphatic hydroxyl groups excluding tert-OH is 2. The lowest BCUT2D eigenvalue weighted by Gasteiger charge is -2.48. The molecule has 26 heavy (non-hydrogen) atoms. The average Bonchev–Trinajstić information content (AvgIpc) is 3.21. The smallest absolute Gasteiger partial charge is 0.253 e. The molecule has 2 saturated heterocycles. The highest BCUT2D eigenvalue weighted by Crippen LogP contribution is 2.35. The topological polar surface area (TPSA) is 87.8 Å². The number of nitrogens with zero attached hydrogens (tertiary/aromatic N) is 3. The van der Waals surface area contributed by atoms with Crippen LogP contribution in [-0.4, -0.2) is 68.3 Å². The number of hydrogen-bond donors (Lipinski definition) is 2. The largest absolute Gasteiger partial charge is 0.390 e. The summed E-state index contributed by atoms with van der Waals surface area (Å²) in [5.41, 5.74) is 0.716. The van der Waals surface area contributed by atoms with Crippen molar-refractivity contribution in [1.82, 2.24) is 14.7 Å². The lowest BCUT2D eigenvalue weighted by molar-refractivity contribution is -0.212. The molecule has 0 radical (unpaired) electrons. The second-order valence-corrected chi connectivity index (χ2v) is 7.01. The first-order valence-corrected chi connectivity index (χ1v) is 8.98. The Morgan fingerprint density at radius 2 is 2.04 bits per heavy atom. The number of ether oxygens (including phenoxy) is 1. The molecule has 0 bridgehead atoms. The van der Waals surface area contributed by atoms with E-state index < -0.39 is 17.8 Å². The van der Waals surface area contributed by atoms with Gasteiger partial charge in [0.05, 0.1) is 24.0 Å². The van der Waals surface area contributed by atoms with Crippen molar-refractivity contribution in [3.63, 3.8) is 0 Å². The maximum absolute atomic E-state index is 12.9. The van der Waals surface area contributed by atoms with Crippen molar-refractivity contribution in [2.45, 2.75) is 37.1 Å². The Balaban J connectivity index is 1.46. The van der Waals surface area contributed by atoms with Crippen LogP contribution < -0.4 is 0 Å². The van der Waals surface area contributed by atoms with Gasteiger partial charge in [-0.25, -0.2) is 4.68 Å². The highest BCUT2D eigenvalue weighted by atomic mass is 16.5. The summed E-state index contributed by atoms with van der Waals surface area (Å²) in [7, 11) is 0. The fraction of sp³-hybridized carbons (Fsp3) is 0.474. The van der Waals surface area contributed by atoms with Gasteiger partial charge in [0.25, 0.3) is 5.91 Å². The number of likely N-dealkylation sites (tertiary alicyclic amines) is 1. The Hall–Kier alpha value is -2.22. The van der Waals surface area contributed by atoms with E-state index in [-0.39, 0.29) is 5.91 Å². The number of piperidine rings is 1. The van der Waals surface area contributed by atoms with E-state index in [1.54, 1.807) is 21.8 Å². The second-order valence-electron chi connectivity index (χ2n) is 7.01. The summed E-state index contributed by atoms with van der Waals surface area (Å²) < 4.78 is 7.55. The summed E-state index contributed by atoms with van der Waals surface area (Å²) in [4.78, 5) is 14.7. The van der Waals surface area contributed by atoms with E-state index in [0.29, 0.717) is 44.5 Å². The predicted molar refractivity (Wildman–Crippen MR) is 94.0 cm³/mol. The monoisotopic (exact) mass is 357 g/mol. The second kappa shape index (κ2) is 6.83. The van der Waals surface area contributed by atoms with Crippen molar-refractivity contribution in [1.29, 1.82) is 0 Å². The lowest BCUT2D eigenvalue weighted by Crippen LogP contribution is -2.60. The summed E-state index contributed by atoms with van der Waals surface area (Å²) in [5.74, 6) is -0.0419. The van der Waals surface area contributed by atoms with Gasteiger partial charge < -0.3 is 19.8 Å². The van der Waals surface area contributed by atoms with Crippen molar-refractivity contribution in [3.05, 3.63) is 48.3 Å². The van der Waals surface area contributed by atoms with Gasteiger partial charge >= 0.3 is 0 Å². The molecule has 7 heteroatoms. The normalized spacial score (nSPS) is 25.4. The highest BCUT2D eigenvalue weighted by Gasteiger charge is 2.48. The van der Waals surface area contributed by atoms with Crippen LogP contribution in [0.25, 0.3) is 5.69 Å². The van der Waals surface area contributed by atoms with Crippen LogP contribution in [0.4, 0.5) is 0 Å². The number of amides is 1. The molecular weight excluding hydrogens is 334 g/mol. The van der Waals surface area contributed by atoms with Gasteiger partial charge in [-0.15, -0.1) is 0 Å². The van der Waals surface area contributed by atoms with E-state index in [1.807, 2.05) is 30.5 Å². The van der Waals surface area contributed by atoms with Gasteiger partial charge in [0, 0.05) is 31.0 Å². The number of benzene rings is 1. The summed E-state index contributed by atoms with van der Waals surface area (Å²) in [5, 5.41) is 24.5. The van der Waals surface area contributed by atoms with Crippen molar-refractivity contribution in [3.8, 4) is 5.69 Å². The lowest BCUT2D eigenvalue weighted by atomic mass is 9.80. The van der Waals surface area contributed by atoms with E-state index in [1.165, 1.54) is 0 Å². The van der Waals surface area contributed by atoms with Crippen LogP contribution in [0.3, 0.4) is 0 Å². The predicted octanol–water partition coefficient (Wildman–Crippen LogP) is 0.989. The molecule has 2 atom stereocenters. The Morgan fingerprint density at radius 3 is 2.77 bits per heavy atom. The molecule has 0 saturated carbocycles. The third kappa shape index (κ3) is 3.02. The van der Waals surface area contributed by atoms with Crippen LogP contribution in [0.1, 0.15) is 29.6 Å². The van der Waals surface area contributed by atoms with Crippen LogP contribution in [0.15, 0.2) is 42.7 Å². The molecule has 2 N–H and O–H groups in total. The van der Waals surface area contributed by atoms with Crippen molar-refractivity contribution < 1.29 is 19.7 Å². The Morgan fingerprint density at radius 1 is 1.23 bits per heavy atom. The molecule has 7 nitrogen and oxygen atoms in total. The highest BCUT2D eigenvalue weighted by molar-refractivity contribution is 5.94. The van der Waals surface area contributed by atoms with Gasteiger partial charge in [0.1, 0.15) is 6.10 Å². The molecule has 1 amide bonds.